The Balaban J connectivity index is 0.000000384. The Hall–Kier alpha value is -3.01. The maximum atomic E-state index is 13.4. The molecule has 0 bridgehead atoms. The molecule has 2 aliphatic heterocycles. The van der Waals surface area contributed by atoms with Crippen molar-refractivity contribution in [3.63, 3.8) is 0 Å². The molecule has 1 aromatic carbocycles. The zero-order chi connectivity index (χ0) is 26.2. The summed E-state index contributed by atoms with van der Waals surface area (Å²) in [6, 6.07) is 11.7. The number of fused-ring (bicyclic) bond motifs is 3. The number of hydrogen-bond donors (Lipinski definition) is 1. The third kappa shape index (κ3) is 4.96. The molecule has 1 amide bonds. The minimum atomic E-state index is -5.08. The Labute approximate surface area is 208 Å². The van der Waals surface area contributed by atoms with Gasteiger partial charge in [0.2, 0.25) is 0 Å². The number of likely N-dealkylation sites (tertiary alicyclic amines) is 2. The van der Waals surface area contributed by atoms with Gasteiger partial charge in [-0.2, -0.15) is 13.2 Å². The summed E-state index contributed by atoms with van der Waals surface area (Å²) in [4.78, 5) is 27.0. The highest BCUT2D eigenvalue weighted by Gasteiger charge is 2.38. The SMILES string of the molecule is CC(C)n1c2ccccc2c2c1cc(C(=O)N1CCC(N3CCCC3)CC1)n2C.O=C(O)C(F)(F)F. The van der Waals surface area contributed by atoms with E-state index in [1.165, 1.54) is 47.9 Å². The molecule has 5 rings (SSSR count). The van der Waals surface area contributed by atoms with Crippen molar-refractivity contribution in [1.29, 1.82) is 0 Å². The van der Waals surface area contributed by atoms with E-state index in [2.05, 4.69) is 63.1 Å². The van der Waals surface area contributed by atoms with Crippen LogP contribution in [0.25, 0.3) is 21.9 Å². The van der Waals surface area contributed by atoms with E-state index in [0.29, 0.717) is 12.1 Å². The molecule has 36 heavy (non-hydrogen) atoms. The summed E-state index contributed by atoms with van der Waals surface area (Å²) in [6.45, 7) is 8.66. The predicted molar refractivity (Wildman–Crippen MR) is 132 cm³/mol. The fourth-order valence-electron chi connectivity index (χ4n) is 5.57. The minimum Gasteiger partial charge on any atom is -0.475 e. The highest BCUT2D eigenvalue weighted by molar-refractivity contribution is 6.10. The molecule has 4 heterocycles. The first-order valence-electron chi connectivity index (χ1n) is 12.4. The summed E-state index contributed by atoms with van der Waals surface area (Å²) in [7, 11) is 2.05. The average molecular weight is 507 g/mol. The van der Waals surface area contributed by atoms with Crippen molar-refractivity contribution in [3.8, 4) is 0 Å². The topological polar surface area (TPSA) is 70.7 Å². The number of benzene rings is 1. The third-order valence-electron chi connectivity index (χ3n) is 7.28. The van der Waals surface area contributed by atoms with E-state index in [1.54, 1.807) is 0 Å². The van der Waals surface area contributed by atoms with Gasteiger partial charge in [0.15, 0.2) is 0 Å². The van der Waals surface area contributed by atoms with Crippen molar-refractivity contribution in [3.05, 3.63) is 36.0 Å². The van der Waals surface area contributed by atoms with Gasteiger partial charge in [-0.15, -0.1) is 0 Å². The Morgan fingerprint density at radius 1 is 1.00 bits per heavy atom. The lowest BCUT2D eigenvalue weighted by Gasteiger charge is -2.36. The molecule has 2 aliphatic rings. The van der Waals surface area contributed by atoms with Crippen molar-refractivity contribution >= 4 is 33.8 Å². The van der Waals surface area contributed by atoms with Gasteiger partial charge in [-0.3, -0.25) is 4.79 Å². The van der Waals surface area contributed by atoms with Crippen LogP contribution in [-0.4, -0.2) is 74.3 Å². The number of halogens is 3. The first-order valence-corrected chi connectivity index (χ1v) is 12.4. The molecule has 196 valence electrons. The number of carbonyl (C=O) groups is 2. The Bertz CT molecular complexity index is 1250. The smallest absolute Gasteiger partial charge is 0.475 e. The number of carbonyl (C=O) groups excluding carboxylic acids is 1. The lowest BCUT2D eigenvalue weighted by Crippen LogP contribution is -2.46. The van der Waals surface area contributed by atoms with Gasteiger partial charge in [-0.25, -0.2) is 4.79 Å². The van der Waals surface area contributed by atoms with Crippen LogP contribution < -0.4 is 0 Å². The number of aromatic nitrogens is 2. The Kier molecular flexibility index (Phi) is 7.36. The number of amides is 1. The number of para-hydroxylation sites is 1. The van der Waals surface area contributed by atoms with Crippen LogP contribution in [0.5, 0.6) is 0 Å². The number of rotatable bonds is 3. The Morgan fingerprint density at radius 3 is 2.14 bits per heavy atom. The molecule has 0 unspecified atom stereocenters. The van der Waals surface area contributed by atoms with Crippen LogP contribution in [0.15, 0.2) is 30.3 Å². The summed E-state index contributed by atoms with van der Waals surface area (Å²) in [5, 5.41) is 8.35. The minimum absolute atomic E-state index is 0.183. The monoisotopic (exact) mass is 506 g/mol. The van der Waals surface area contributed by atoms with Crippen LogP contribution in [0.3, 0.4) is 0 Å². The van der Waals surface area contributed by atoms with E-state index >= 15 is 0 Å². The van der Waals surface area contributed by atoms with Crippen molar-refractivity contribution in [2.24, 2.45) is 7.05 Å². The van der Waals surface area contributed by atoms with E-state index in [4.69, 9.17) is 9.90 Å². The summed E-state index contributed by atoms with van der Waals surface area (Å²) in [5.41, 5.74) is 4.40. The van der Waals surface area contributed by atoms with Crippen molar-refractivity contribution < 1.29 is 27.9 Å². The van der Waals surface area contributed by atoms with Gasteiger partial charge < -0.3 is 24.0 Å². The predicted octanol–water partition coefficient (Wildman–Crippen LogP) is 5.05. The largest absolute Gasteiger partial charge is 0.490 e. The van der Waals surface area contributed by atoms with Crippen LogP contribution >= 0.6 is 0 Å². The first-order chi connectivity index (χ1) is 17.0. The molecule has 0 saturated carbocycles. The van der Waals surface area contributed by atoms with Crippen LogP contribution in [0, 0.1) is 0 Å². The maximum Gasteiger partial charge on any atom is 0.490 e. The fraction of sp³-hybridized carbons (Fsp3) is 0.538. The maximum absolute atomic E-state index is 13.4. The zero-order valence-corrected chi connectivity index (χ0v) is 20.9. The summed E-state index contributed by atoms with van der Waals surface area (Å²) in [5.74, 6) is -2.57. The molecule has 0 aliphatic carbocycles. The van der Waals surface area contributed by atoms with Crippen molar-refractivity contribution in [2.75, 3.05) is 26.2 Å². The molecule has 0 radical (unpaired) electrons. The average Bonchev–Trinajstić information content (AvgIpc) is 3.55. The molecule has 3 aromatic rings. The number of carboxylic acids is 1. The summed E-state index contributed by atoms with van der Waals surface area (Å²) >= 11 is 0. The molecule has 1 N–H and O–H groups in total. The molecule has 2 fully saturated rings. The van der Waals surface area contributed by atoms with Gasteiger partial charge in [0.1, 0.15) is 5.69 Å². The van der Waals surface area contributed by atoms with E-state index in [9.17, 15) is 18.0 Å². The second-order valence-electron chi connectivity index (χ2n) is 9.87. The van der Waals surface area contributed by atoms with Gasteiger partial charge >= 0.3 is 12.1 Å². The third-order valence-corrected chi connectivity index (χ3v) is 7.28. The van der Waals surface area contributed by atoms with Crippen molar-refractivity contribution in [2.45, 2.75) is 57.8 Å². The number of piperidine rings is 1. The molecule has 2 aromatic heterocycles. The van der Waals surface area contributed by atoms with Gasteiger partial charge in [0.25, 0.3) is 5.91 Å². The van der Waals surface area contributed by atoms with Gasteiger partial charge in [0, 0.05) is 37.6 Å². The fourth-order valence-corrected chi connectivity index (χ4v) is 5.57. The molecular formula is C26H33F3N4O3. The van der Waals surface area contributed by atoms with Gasteiger partial charge in [0.05, 0.1) is 16.6 Å². The van der Waals surface area contributed by atoms with Gasteiger partial charge in [-0.1, -0.05) is 18.2 Å². The molecule has 0 spiro atoms. The second-order valence-corrected chi connectivity index (χ2v) is 9.87. The van der Waals surface area contributed by atoms with E-state index < -0.39 is 12.1 Å². The van der Waals surface area contributed by atoms with Crippen LogP contribution in [-0.2, 0) is 11.8 Å². The highest BCUT2D eigenvalue weighted by atomic mass is 19.4. The first kappa shape index (κ1) is 26.1. The molecule has 10 heteroatoms. The van der Waals surface area contributed by atoms with E-state index in [-0.39, 0.29) is 5.91 Å². The lowest BCUT2D eigenvalue weighted by atomic mass is 10.0. The Morgan fingerprint density at radius 2 is 1.58 bits per heavy atom. The molecule has 7 nitrogen and oxygen atoms in total. The van der Waals surface area contributed by atoms with Crippen LogP contribution in [0.1, 0.15) is 56.1 Å². The summed E-state index contributed by atoms with van der Waals surface area (Å²) in [6.07, 6.45) is -0.197. The van der Waals surface area contributed by atoms with E-state index in [0.717, 1.165) is 31.6 Å². The van der Waals surface area contributed by atoms with E-state index in [1.807, 2.05) is 7.05 Å². The molecular weight excluding hydrogens is 473 g/mol. The van der Waals surface area contributed by atoms with Crippen LogP contribution in [0.2, 0.25) is 0 Å². The van der Waals surface area contributed by atoms with Gasteiger partial charge in [-0.05, 0) is 64.8 Å². The number of nitrogens with zero attached hydrogens (tertiary/aromatic N) is 4. The number of alkyl halides is 3. The zero-order valence-electron chi connectivity index (χ0n) is 20.9. The second kappa shape index (κ2) is 10.2. The lowest BCUT2D eigenvalue weighted by molar-refractivity contribution is -0.192. The normalized spacial score (nSPS) is 17.7. The standard InChI is InChI=1S/C24H32N4O.C2HF3O2/c1-17(2)28-20-9-5-4-8-19(20)23-21(28)16-22(25(23)3)24(29)27-14-10-18(11-15-27)26-12-6-7-13-26;3-2(4,5)1(6)7/h4-5,8-9,16-18H,6-7,10-15H2,1-3H3;(H,6,7). The number of aliphatic carboxylic acids is 1. The number of hydrogen-bond acceptors (Lipinski definition) is 3. The molecule has 2 saturated heterocycles. The molecule has 0 atom stereocenters. The summed E-state index contributed by atoms with van der Waals surface area (Å²) < 4.78 is 36.2. The number of aryl methyl sites for hydroxylation is 1. The quantitative estimate of drug-likeness (QED) is 0.540. The van der Waals surface area contributed by atoms with Crippen molar-refractivity contribution in [1.82, 2.24) is 18.9 Å². The van der Waals surface area contributed by atoms with Crippen LogP contribution in [0.4, 0.5) is 13.2 Å². The number of carboxylic acid groups (broad SMARTS) is 1. The highest BCUT2D eigenvalue weighted by Crippen LogP contribution is 2.34.